The summed E-state index contributed by atoms with van der Waals surface area (Å²) in [4.78, 5) is 27.3. The molecule has 1 fully saturated rings. The summed E-state index contributed by atoms with van der Waals surface area (Å²) in [5, 5.41) is 2.89. The van der Waals surface area contributed by atoms with Gasteiger partial charge in [-0.2, -0.15) is 0 Å². The third kappa shape index (κ3) is 5.55. The minimum atomic E-state index is -0.612. The quantitative estimate of drug-likeness (QED) is 0.139. The van der Waals surface area contributed by atoms with Gasteiger partial charge in [-0.3, -0.25) is 19.8 Å². The summed E-state index contributed by atoms with van der Waals surface area (Å²) in [6, 6.07) is 18.3. The number of carbonyl (C=O) groups is 2. The first-order valence-electron chi connectivity index (χ1n) is 10.8. The Hall–Kier alpha value is -2.97. The predicted molar refractivity (Wildman–Crippen MR) is 151 cm³/mol. The topological polar surface area (TPSA) is 58.6 Å². The summed E-state index contributed by atoms with van der Waals surface area (Å²) in [5.74, 6) is -0.558. The van der Waals surface area contributed by atoms with Gasteiger partial charge in [0.1, 0.15) is 17.9 Å². The van der Waals surface area contributed by atoms with Crippen LogP contribution < -0.4 is 15.0 Å². The predicted octanol–water partition coefficient (Wildman–Crippen LogP) is 6.89. The summed E-state index contributed by atoms with van der Waals surface area (Å²) in [7, 11) is 0. The van der Waals surface area contributed by atoms with Gasteiger partial charge in [0, 0.05) is 0 Å². The number of halogens is 3. The minimum absolute atomic E-state index is 0.0792. The molecular formula is C27H19BrCl2N2O3S. The van der Waals surface area contributed by atoms with E-state index >= 15 is 0 Å². The zero-order valence-electron chi connectivity index (χ0n) is 18.8. The largest absolute Gasteiger partial charge is 0.487 e. The van der Waals surface area contributed by atoms with Crippen LogP contribution in [0.15, 0.2) is 83.4 Å². The normalized spacial score (nSPS) is 14.7. The summed E-state index contributed by atoms with van der Waals surface area (Å²) in [6.07, 6.45) is 3.78. The molecule has 0 radical (unpaired) electrons. The molecule has 2 amide bonds. The van der Waals surface area contributed by atoms with Gasteiger partial charge in [0.15, 0.2) is 5.11 Å². The maximum atomic E-state index is 13.4. The van der Waals surface area contributed by atoms with Crippen LogP contribution in [0.2, 0.25) is 10.0 Å². The van der Waals surface area contributed by atoms with Gasteiger partial charge in [0.25, 0.3) is 11.8 Å². The van der Waals surface area contributed by atoms with Crippen LogP contribution in [0.1, 0.15) is 16.7 Å². The van der Waals surface area contributed by atoms with Crippen molar-refractivity contribution < 1.29 is 14.3 Å². The minimum Gasteiger partial charge on any atom is -0.487 e. The Morgan fingerprint density at radius 3 is 2.56 bits per heavy atom. The molecule has 182 valence electrons. The van der Waals surface area contributed by atoms with Crippen molar-refractivity contribution in [1.82, 2.24) is 5.32 Å². The van der Waals surface area contributed by atoms with E-state index in [2.05, 4.69) is 27.8 Å². The Morgan fingerprint density at radius 1 is 1.08 bits per heavy atom. The number of anilines is 1. The number of ether oxygens (including phenoxy) is 1. The molecule has 1 saturated heterocycles. The van der Waals surface area contributed by atoms with E-state index in [0.29, 0.717) is 28.8 Å². The van der Waals surface area contributed by atoms with Crippen molar-refractivity contribution in [2.24, 2.45) is 0 Å². The fraction of sp³-hybridized carbons (Fsp3) is 0.0741. The number of allylic oxidation sites excluding steroid dienone is 1. The van der Waals surface area contributed by atoms with E-state index in [4.69, 9.17) is 40.2 Å². The highest BCUT2D eigenvalue weighted by atomic mass is 79.9. The Bertz CT molecular complexity index is 1410. The molecule has 0 spiro atoms. The van der Waals surface area contributed by atoms with Crippen LogP contribution in [-0.4, -0.2) is 16.9 Å². The lowest BCUT2D eigenvalue weighted by Gasteiger charge is -2.29. The van der Waals surface area contributed by atoms with Crippen LogP contribution in [0.25, 0.3) is 6.08 Å². The Morgan fingerprint density at radius 2 is 1.83 bits per heavy atom. The van der Waals surface area contributed by atoms with Crippen molar-refractivity contribution in [1.29, 1.82) is 0 Å². The van der Waals surface area contributed by atoms with Crippen LogP contribution >= 0.6 is 51.3 Å². The molecule has 36 heavy (non-hydrogen) atoms. The molecule has 3 aromatic rings. The summed E-state index contributed by atoms with van der Waals surface area (Å²) in [5.41, 5.74) is 2.67. The molecule has 0 atom stereocenters. The second-order valence-corrected chi connectivity index (χ2v) is 9.82. The number of thiocarbonyl (C=S) groups is 1. The van der Waals surface area contributed by atoms with Crippen molar-refractivity contribution in [3.63, 3.8) is 0 Å². The van der Waals surface area contributed by atoms with Gasteiger partial charge in [-0.25, -0.2) is 0 Å². The number of rotatable bonds is 7. The second-order valence-electron chi connectivity index (χ2n) is 7.79. The van der Waals surface area contributed by atoms with E-state index < -0.39 is 11.8 Å². The smallest absolute Gasteiger partial charge is 0.270 e. The molecule has 0 aliphatic carbocycles. The maximum Gasteiger partial charge on any atom is 0.270 e. The molecule has 0 bridgehead atoms. The van der Waals surface area contributed by atoms with Crippen molar-refractivity contribution in [2.75, 3.05) is 4.90 Å². The Labute approximate surface area is 232 Å². The van der Waals surface area contributed by atoms with Gasteiger partial charge in [-0.1, -0.05) is 65.7 Å². The Balaban J connectivity index is 1.69. The van der Waals surface area contributed by atoms with Gasteiger partial charge < -0.3 is 4.74 Å². The average molecular weight is 602 g/mol. The van der Waals surface area contributed by atoms with Gasteiger partial charge >= 0.3 is 0 Å². The van der Waals surface area contributed by atoms with Gasteiger partial charge in [0.05, 0.1) is 20.2 Å². The van der Waals surface area contributed by atoms with E-state index in [1.165, 1.54) is 6.08 Å². The van der Waals surface area contributed by atoms with Crippen LogP contribution in [0.4, 0.5) is 5.69 Å². The molecule has 0 aromatic heterocycles. The van der Waals surface area contributed by atoms with E-state index in [0.717, 1.165) is 16.0 Å². The van der Waals surface area contributed by atoms with E-state index in [1.54, 1.807) is 30.3 Å². The second kappa shape index (κ2) is 11.4. The number of amides is 2. The molecule has 1 aliphatic heterocycles. The zero-order chi connectivity index (χ0) is 25.8. The lowest BCUT2D eigenvalue weighted by Crippen LogP contribution is -2.54. The average Bonchev–Trinajstić information content (AvgIpc) is 2.84. The molecule has 1 N–H and O–H groups in total. The lowest BCUT2D eigenvalue weighted by atomic mass is 10.0. The first-order chi connectivity index (χ1) is 17.3. The maximum absolute atomic E-state index is 13.4. The summed E-state index contributed by atoms with van der Waals surface area (Å²) >= 11 is 21.3. The zero-order valence-corrected chi connectivity index (χ0v) is 22.7. The fourth-order valence-electron chi connectivity index (χ4n) is 3.66. The molecule has 0 saturated carbocycles. The van der Waals surface area contributed by atoms with E-state index in [1.807, 2.05) is 36.4 Å². The first-order valence-corrected chi connectivity index (χ1v) is 12.7. The monoisotopic (exact) mass is 600 g/mol. The highest BCUT2D eigenvalue weighted by Gasteiger charge is 2.35. The number of hydrogen-bond acceptors (Lipinski definition) is 4. The molecule has 0 unspecified atom stereocenters. The van der Waals surface area contributed by atoms with Crippen LogP contribution in [-0.2, 0) is 22.6 Å². The molecular weight excluding hydrogens is 583 g/mol. The molecule has 3 aromatic carbocycles. The fourth-order valence-corrected chi connectivity index (χ4v) is 4.95. The number of carbonyl (C=O) groups excluding carboxylic acids is 2. The highest BCUT2D eigenvalue weighted by Crippen LogP contribution is 2.36. The highest BCUT2D eigenvalue weighted by molar-refractivity contribution is 9.10. The third-order valence-electron chi connectivity index (χ3n) is 5.32. The standard InChI is InChI=1S/C27H19BrCl2N2O3S/c1-2-7-18-12-17(14-20(28)24(18)35-15-16-8-4-3-5-9-16)13-19-25(33)31-27(36)32(26(19)34)22-11-6-10-21(29)23(22)30/h2-6,8-14H,1,7,15H2,(H,31,33,36)/b19-13+. The third-order valence-corrected chi connectivity index (χ3v) is 7.00. The van der Waals surface area contributed by atoms with Crippen molar-refractivity contribution in [2.45, 2.75) is 13.0 Å². The van der Waals surface area contributed by atoms with Crippen molar-refractivity contribution in [3.8, 4) is 5.75 Å². The van der Waals surface area contributed by atoms with E-state index in [-0.39, 0.29) is 26.4 Å². The van der Waals surface area contributed by atoms with Crippen molar-refractivity contribution in [3.05, 3.63) is 110 Å². The number of nitrogens with one attached hydrogen (secondary N) is 1. The lowest BCUT2D eigenvalue weighted by molar-refractivity contribution is -0.122. The summed E-state index contributed by atoms with van der Waals surface area (Å²) < 4.78 is 6.77. The first kappa shape index (κ1) is 26.1. The molecule has 4 rings (SSSR count). The molecule has 1 heterocycles. The van der Waals surface area contributed by atoms with Crippen molar-refractivity contribution >= 4 is 80.0 Å². The SMILES string of the molecule is C=CCc1cc(/C=C2\C(=O)NC(=S)N(c3cccc(Cl)c3Cl)C2=O)cc(Br)c1OCc1ccccc1. The van der Waals surface area contributed by atoms with Gasteiger partial charge in [-0.05, 0) is 81.6 Å². The number of benzene rings is 3. The van der Waals surface area contributed by atoms with Gasteiger partial charge in [0.2, 0.25) is 0 Å². The van der Waals surface area contributed by atoms with Crippen LogP contribution in [0, 0.1) is 0 Å². The Kier molecular flexibility index (Phi) is 8.26. The number of hydrogen-bond donors (Lipinski definition) is 1. The molecule has 1 aliphatic rings. The molecule has 5 nitrogen and oxygen atoms in total. The van der Waals surface area contributed by atoms with Crippen LogP contribution in [0.3, 0.4) is 0 Å². The number of nitrogens with zero attached hydrogens (tertiary/aromatic N) is 1. The van der Waals surface area contributed by atoms with Crippen LogP contribution in [0.5, 0.6) is 5.75 Å². The van der Waals surface area contributed by atoms with E-state index in [9.17, 15) is 9.59 Å². The molecule has 9 heteroatoms. The summed E-state index contributed by atoms with van der Waals surface area (Å²) in [6.45, 7) is 4.22. The van der Waals surface area contributed by atoms with Gasteiger partial charge in [-0.15, -0.1) is 6.58 Å².